The number of aromatic nitrogens is 3. The van der Waals surface area contributed by atoms with Crippen LogP contribution in [0.5, 0.6) is 0 Å². The van der Waals surface area contributed by atoms with Gasteiger partial charge in [-0.1, -0.05) is 43.3 Å². The van der Waals surface area contributed by atoms with Crippen LogP contribution in [0.2, 0.25) is 5.02 Å². The van der Waals surface area contributed by atoms with Crippen molar-refractivity contribution in [3.63, 3.8) is 0 Å². The number of halogens is 1. The van der Waals surface area contributed by atoms with E-state index in [1.54, 1.807) is 17.8 Å². The van der Waals surface area contributed by atoms with Crippen LogP contribution in [0, 0.1) is 12.8 Å². The average Bonchev–Trinajstić information content (AvgIpc) is 3.03. The maximum Gasteiger partial charge on any atom is 0.242 e. The molecule has 3 N–H and O–H groups in total. The van der Waals surface area contributed by atoms with Crippen molar-refractivity contribution >= 4 is 35.2 Å². The van der Waals surface area contributed by atoms with E-state index in [1.807, 2.05) is 39.0 Å². The highest BCUT2D eigenvalue weighted by Crippen LogP contribution is 2.24. The minimum atomic E-state index is -1.08. The van der Waals surface area contributed by atoms with Gasteiger partial charge in [-0.25, -0.2) is 0 Å². The standard InChI is InChI=1S/C18H24ClN5O2S/c1-11(2)8-18(4,16(20)26)22-15(25)9-27-17-23-21-10-24(17)13-6-5-12(3)14(19)7-13/h5-7,10-11H,8-9H2,1-4H3,(H2,20,26)(H,22,25). The van der Waals surface area contributed by atoms with Gasteiger partial charge in [0, 0.05) is 5.02 Å². The van der Waals surface area contributed by atoms with Crippen LogP contribution in [-0.4, -0.2) is 37.9 Å². The van der Waals surface area contributed by atoms with Crippen LogP contribution in [0.25, 0.3) is 5.69 Å². The predicted molar refractivity (Wildman–Crippen MR) is 107 cm³/mol. The third-order valence-corrected chi connectivity index (χ3v) is 5.41. The van der Waals surface area contributed by atoms with E-state index in [2.05, 4.69) is 15.5 Å². The van der Waals surface area contributed by atoms with E-state index in [9.17, 15) is 9.59 Å². The van der Waals surface area contributed by atoms with Crippen molar-refractivity contribution in [3.8, 4) is 5.69 Å². The number of rotatable bonds is 8. The van der Waals surface area contributed by atoms with E-state index in [-0.39, 0.29) is 17.6 Å². The largest absolute Gasteiger partial charge is 0.368 e. The maximum atomic E-state index is 12.4. The number of amides is 2. The van der Waals surface area contributed by atoms with Crippen LogP contribution in [0.4, 0.5) is 0 Å². The summed E-state index contributed by atoms with van der Waals surface area (Å²) in [6, 6.07) is 5.63. The van der Waals surface area contributed by atoms with E-state index >= 15 is 0 Å². The van der Waals surface area contributed by atoms with Crippen LogP contribution in [0.15, 0.2) is 29.7 Å². The Balaban J connectivity index is 2.07. The van der Waals surface area contributed by atoms with Crippen molar-refractivity contribution in [2.24, 2.45) is 11.7 Å². The maximum absolute atomic E-state index is 12.4. The number of nitrogens with one attached hydrogen (secondary N) is 1. The minimum Gasteiger partial charge on any atom is -0.368 e. The summed E-state index contributed by atoms with van der Waals surface area (Å²) >= 11 is 7.41. The molecule has 9 heteroatoms. The molecule has 27 heavy (non-hydrogen) atoms. The molecule has 2 aromatic rings. The van der Waals surface area contributed by atoms with Gasteiger partial charge in [-0.2, -0.15) is 0 Å². The predicted octanol–water partition coefficient (Wildman–Crippen LogP) is 2.73. The second kappa shape index (κ2) is 8.75. The van der Waals surface area contributed by atoms with E-state index in [4.69, 9.17) is 17.3 Å². The Kier molecular flexibility index (Phi) is 6.89. The molecule has 1 aromatic carbocycles. The monoisotopic (exact) mass is 409 g/mol. The highest BCUT2D eigenvalue weighted by atomic mass is 35.5. The van der Waals surface area contributed by atoms with Gasteiger partial charge in [-0.15, -0.1) is 10.2 Å². The lowest BCUT2D eigenvalue weighted by molar-refractivity contribution is -0.130. The zero-order valence-electron chi connectivity index (χ0n) is 15.8. The number of nitrogens with zero attached hydrogens (tertiary/aromatic N) is 3. The average molecular weight is 410 g/mol. The number of benzene rings is 1. The van der Waals surface area contributed by atoms with Gasteiger partial charge in [0.25, 0.3) is 0 Å². The van der Waals surface area contributed by atoms with E-state index in [0.29, 0.717) is 16.6 Å². The first-order valence-corrected chi connectivity index (χ1v) is 9.89. The van der Waals surface area contributed by atoms with Gasteiger partial charge < -0.3 is 11.1 Å². The molecule has 0 aliphatic rings. The summed E-state index contributed by atoms with van der Waals surface area (Å²) in [5.74, 6) is -0.547. The van der Waals surface area contributed by atoms with Gasteiger partial charge in [0.15, 0.2) is 5.16 Å². The number of hydrogen-bond acceptors (Lipinski definition) is 5. The molecule has 1 heterocycles. The fraction of sp³-hybridized carbons (Fsp3) is 0.444. The number of thioether (sulfide) groups is 1. The first-order chi connectivity index (χ1) is 12.6. The van der Waals surface area contributed by atoms with Crippen molar-refractivity contribution < 1.29 is 9.59 Å². The van der Waals surface area contributed by atoms with Crippen LogP contribution in [0.3, 0.4) is 0 Å². The molecule has 2 amide bonds. The Labute approximate surface area is 168 Å². The number of hydrogen-bond donors (Lipinski definition) is 2. The van der Waals surface area contributed by atoms with Crippen LogP contribution in [0.1, 0.15) is 32.8 Å². The van der Waals surface area contributed by atoms with Gasteiger partial charge in [-0.3, -0.25) is 14.2 Å². The van der Waals surface area contributed by atoms with Crippen LogP contribution >= 0.6 is 23.4 Å². The molecule has 0 saturated heterocycles. The van der Waals surface area contributed by atoms with E-state index < -0.39 is 11.4 Å². The van der Waals surface area contributed by atoms with Gasteiger partial charge >= 0.3 is 0 Å². The van der Waals surface area contributed by atoms with E-state index in [0.717, 1.165) is 11.3 Å². The molecular weight excluding hydrogens is 386 g/mol. The first-order valence-electron chi connectivity index (χ1n) is 8.52. The summed E-state index contributed by atoms with van der Waals surface area (Å²) in [6.45, 7) is 7.51. The van der Waals surface area contributed by atoms with Crippen molar-refractivity contribution in [1.29, 1.82) is 0 Å². The highest BCUT2D eigenvalue weighted by Gasteiger charge is 2.33. The summed E-state index contributed by atoms with van der Waals surface area (Å²) in [4.78, 5) is 24.2. The fourth-order valence-corrected chi connectivity index (χ4v) is 3.64. The number of nitrogens with two attached hydrogens (primary N) is 1. The highest BCUT2D eigenvalue weighted by molar-refractivity contribution is 7.99. The van der Waals surface area contributed by atoms with Crippen molar-refractivity contribution in [2.75, 3.05) is 5.75 Å². The molecule has 0 fully saturated rings. The number of carbonyl (C=O) groups is 2. The Morgan fingerprint density at radius 3 is 2.70 bits per heavy atom. The van der Waals surface area contributed by atoms with Crippen molar-refractivity contribution in [1.82, 2.24) is 20.1 Å². The molecule has 0 radical (unpaired) electrons. The Hall–Kier alpha value is -2.06. The molecular formula is C18H24ClN5O2S. The molecule has 146 valence electrons. The van der Waals surface area contributed by atoms with Crippen molar-refractivity contribution in [2.45, 2.75) is 44.8 Å². The topological polar surface area (TPSA) is 103 Å². The molecule has 0 aliphatic carbocycles. The Morgan fingerprint density at radius 2 is 2.11 bits per heavy atom. The number of carbonyl (C=O) groups excluding carboxylic acids is 2. The zero-order valence-corrected chi connectivity index (χ0v) is 17.4. The van der Waals surface area contributed by atoms with E-state index in [1.165, 1.54) is 11.8 Å². The summed E-state index contributed by atoms with van der Waals surface area (Å²) in [6.07, 6.45) is 2.03. The lowest BCUT2D eigenvalue weighted by Crippen LogP contribution is -2.56. The molecule has 2 rings (SSSR count). The minimum absolute atomic E-state index is 0.0826. The van der Waals surface area contributed by atoms with Gasteiger partial charge in [0.1, 0.15) is 11.9 Å². The Morgan fingerprint density at radius 1 is 1.41 bits per heavy atom. The molecule has 0 spiro atoms. The van der Waals surface area contributed by atoms with Crippen LogP contribution < -0.4 is 11.1 Å². The lowest BCUT2D eigenvalue weighted by atomic mass is 9.90. The molecule has 1 aromatic heterocycles. The molecule has 0 aliphatic heterocycles. The summed E-state index contributed by atoms with van der Waals surface area (Å²) in [7, 11) is 0. The lowest BCUT2D eigenvalue weighted by Gasteiger charge is -2.29. The summed E-state index contributed by atoms with van der Waals surface area (Å²) in [5.41, 5.74) is 6.18. The van der Waals surface area contributed by atoms with Crippen molar-refractivity contribution in [3.05, 3.63) is 35.1 Å². The number of primary amides is 1. The number of aryl methyl sites for hydroxylation is 1. The Bertz CT molecular complexity index is 839. The summed E-state index contributed by atoms with van der Waals surface area (Å²) < 4.78 is 1.75. The normalized spacial score (nSPS) is 13.4. The molecule has 7 nitrogen and oxygen atoms in total. The molecule has 1 atom stereocenters. The fourth-order valence-electron chi connectivity index (χ4n) is 2.74. The molecule has 0 saturated carbocycles. The summed E-state index contributed by atoms with van der Waals surface area (Å²) in [5, 5.41) is 11.9. The van der Waals surface area contributed by atoms with Gasteiger partial charge in [0.05, 0.1) is 11.4 Å². The third-order valence-electron chi connectivity index (χ3n) is 4.06. The van der Waals surface area contributed by atoms with Crippen LogP contribution in [-0.2, 0) is 9.59 Å². The SMILES string of the molecule is Cc1ccc(-n2cnnc2SCC(=O)NC(C)(CC(C)C)C(N)=O)cc1Cl. The molecule has 1 unspecified atom stereocenters. The third kappa shape index (κ3) is 5.46. The van der Waals surface area contributed by atoms with Gasteiger partial charge in [0.2, 0.25) is 11.8 Å². The second-order valence-electron chi connectivity index (χ2n) is 7.05. The smallest absolute Gasteiger partial charge is 0.242 e. The molecule has 0 bridgehead atoms. The zero-order chi connectivity index (χ0) is 20.2. The van der Waals surface area contributed by atoms with Gasteiger partial charge in [-0.05, 0) is 43.9 Å². The quantitative estimate of drug-likeness (QED) is 0.652. The first kappa shape index (κ1) is 21.2. The second-order valence-corrected chi connectivity index (χ2v) is 8.40.